The van der Waals surface area contributed by atoms with Crippen molar-refractivity contribution in [2.45, 2.75) is 18.9 Å². The molecule has 0 radical (unpaired) electrons. The molecule has 0 aromatic carbocycles. The molecular weight excluding hydrogens is 200 g/mol. The molecule has 0 aromatic heterocycles. The first-order chi connectivity index (χ1) is 4.18. The van der Waals surface area contributed by atoms with Gasteiger partial charge >= 0.3 is 5.97 Å². The fourth-order valence-electron chi connectivity index (χ4n) is 0.461. The van der Waals surface area contributed by atoms with Crippen molar-refractivity contribution in [2.75, 3.05) is 6.54 Å². The van der Waals surface area contributed by atoms with Gasteiger partial charge in [-0.15, -0.1) is 17.0 Å². The summed E-state index contributed by atoms with van der Waals surface area (Å²) in [5.74, 6) is -0.955. The second kappa shape index (κ2) is 6.98. The van der Waals surface area contributed by atoms with Crippen molar-refractivity contribution in [2.24, 2.45) is 11.5 Å². The predicted molar refractivity (Wildman–Crippen MR) is 44.2 cm³/mol. The van der Waals surface area contributed by atoms with Crippen molar-refractivity contribution >= 4 is 23.0 Å². The molecule has 0 fully saturated rings. The molecule has 0 aliphatic rings. The van der Waals surface area contributed by atoms with Crippen LogP contribution in [0.2, 0.25) is 0 Å². The first-order valence-corrected chi connectivity index (χ1v) is 2.87. The van der Waals surface area contributed by atoms with Crippen LogP contribution in [0, 0.1) is 0 Å². The Hall–Kier alpha value is -0.130. The summed E-state index contributed by atoms with van der Waals surface area (Å²) in [4.78, 5) is 10.0. The van der Waals surface area contributed by atoms with E-state index in [1.807, 2.05) is 0 Å². The highest BCUT2D eigenvalue weighted by Crippen LogP contribution is 1.91. The lowest BCUT2D eigenvalue weighted by atomic mass is 10.2. The quantitative estimate of drug-likeness (QED) is 0.598. The molecule has 0 rings (SSSR count). The van der Waals surface area contributed by atoms with E-state index in [9.17, 15) is 4.79 Å². The first kappa shape index (κ1) is 12.5. The summed E-state index contributed by atoms with van der Waals surface area (Å²) in [6, 6.07) is -0.742. The minimum absolute atomic E-state index is 0. The van der Waals surface area contributed by atoms with Gasteiger partial charge in [0.15, 0.2) is 0 Å². The van der Waals surface area contributed by atoms with Crippen LogP contribution >= 0.6 is 17.0 Å². The molecular formula is C5H13BrN2O2. The molecule has 1 atom stereocenters. The lowest BCUT2D eigenvalue weighted by molar-refractivity contribution is -0.138. The molecule has 4 nitrogen and oxygen atoms in total. The second-order valence-electron chi connectivity index (χ2n) is 1.88. The number of nitrogens with two attached hydrogens (primary N) is 2. The Morgan fingerprint density at radius 2 is 2.10 bits per heavy atom. The maximum absolute atomic E-state index is 10.0. The fraction of sp³-hybridized carbons (Fsp3) is 0.800. The topological polar surface area (TPSA) is 89.3 Å². The lowest BCUT2D eigenvalue weighted by Gasteiger charge is -2.02. The molecule has 0 amide bonds. The first-order valence-electron chi connectivity index (χ1n) is 2.87. The Bertz CT molecular complexity index is 99.6. The molecule has 0 saturated carbocycles. The SMILES string of the molecule is Br.NCCC[C@@H](N)C(=O)O. The maximum atomic E-state index is 10.0. The molecule has 0 spiro atoms. The van der Waals surface area contributed by atoms with Gasteiger partial charge in [-0.05, 0) is 19.4 Å². The van der Waals surface area contributed by atoms with Gasteiger partial charge in [-0.25, -0.2) is 0 Å². The number of carbonyl (C=O) groups is 1. The minimum Gasteiger partial charge on any atom is -0.480 e. The summed E-state index contributed by atoms with van der Waals surface area (Å²) in [7, 11) is 0. The van der Waals surface area contributed by atoms with E-state index < -0.39 is 12.0 Å². The molecule has 0 unspecified atom stereocenters. The van der Waals surface area contributed by atoms with Crippen molar-refractivity contribution in [3.63, 3.8) is 0 Å². The van der Waals surface area contributed by atoms with Gasteiger partial charge in [0.25, 0.3) is 0 Å². The third-order valence-corrected chi connectivity index (χ3v) is 1.04. The number of carboxylic acid groups (broad SMARTS) is 1. The van der Waals surface area contributed by atoms with E-state index in [2.05, 4.69) is 0 Å². The van der Waals surface area contributed by atoms with Crippen molar-refractivity contribution in [1.82, 2.24) is 0 Å². The number of hydrogen-bond donors (Lipinski definition) is 3. The number of rotatable bonds is 4. The number of halogens is 1. The second-order valence-corrected chi connectivity index (χ2v) is 1.88. The fourth-order valence-corrected chi connectivity index (χ4v) is 0.461. The normalized spacial score (nSPS) is 11.8. The van der Waals surface area contributed by atoms with Gasteiger partial charge < -0.3 is 16.6 Å². The van der Waals surface area contributed by atoms with Gasteiger partial charge in [-0.1, -0.05) is 0 Å². The monoisotopic (exact) mass is 212 g/mol. The third kappa shape index (κ3) is 6.00. The number of carboxylic acids is 1. The van der Waals surface area contributed by atoms with Gasteiger partial charge in [0, 0.05) is 0 Å². The summed E-state index contributed by atoms with van der Waals surface area (Å²) >= 11 is 0. The van der Waals surface area contributed by atoms with Crippen LogP contribution in [0.15, 0.2) is 0 Å². The maximum Gasteiger partial charge on any atom is 0.320 e. The van der Waals surface area contributed by atoms with Gasteiger partial charge in [-0.3, -0.25) is 4.79 Å². The molecule has 5 heteroatoms. The number of aliphatic carboxylic acids is 1. The van der Waals surface area contributed by atoms with Crippen LogP contribution in [-0.4, -0.2) is 23.7 Å². The Balaban J connectivity index is 0. The predicted octanol–water partition coefficient (Wildman–Crippen LogP) is -0.285. The van der Waals surface area contributed by atoms with E-state index in [0.29, 0.717) is 19.4 Å². The van der Waals surface area contributed by atoms with Gasteiger partial charge in [-0.2, -0.15) is 0 Å². The lowest BCUT2D eigenvalue weighted by Crippen LogP contribution is -2.30. The molecule has 0 aliphatic heterocycles. The van der Waals surface area contributed by atoms with E-state index in [4.69, 9.17) is 16.6 Å². The number of hydrogen-bond acceptors (Lipinski definition) is 3. The summed E-state index contributed by atoms with van der Waals surface area (Å²) in [5.41, 5.74) is 10.3. The van der Waals surface area contributed by atoms with Crippen LogP contribution in [0.1, 0.15) is 12.8 Å². The zero-order valence-corrected chi connectivity index (χ0v) is 7.33. The van der Waals surface area contributed by atoms with Crippen LogP contribution in [0.4, 0.5) is 0 Å². The third-order valence-electron chi connectivity index (χ3n) is 1.04. The zero-order chi connectivity index (χ0) is 7.28. The highest BCUT2D eigenvalue weighted by atomic mass is 79.9. The van der Waals surface area contributed by atoms with E-state index in [0.717, 1.165) is 0 Å². The van der Waals surface area contributed by atoms with Crippen LogP contribution in [-0.2, 0) is 4.79 Å². The Labute approximate surface area is 70.3 Å². The smallest absolute Gasteiger partial charge is 0.320 e. The Kier molecular flexibility index (Phi) is 8.75. The highest BCUT2D eigenvalue weighted by molar-refractivity contribution is 8.93. The molecule has 5 N–H and O–H groups in total. The average Bonchev–Trinajstić information content (AvgIpc) is 1.82. The Morgan fingerprint density at radius 1 is 1.60 bits per heavy atom. The van der Waals surface area contributed by atoms with Gasteiger partial charge in [0.2, 0.25) is 0 Å². The molecule has 10 heavy (non-hydrogen) atoms. The summed E-state index contributed by atoms with van der Waals surface area (Å²) in [6.07, 6.45) is 1.14. The average molecular weight is 213 g/mol. The van der Waals surface area contributed by atoms with Crippen LogP contribution in [0.5, 0.6) is 0 Å². The Morgan fingerprint density at radius 3 is 2.40 bits per heavy atom. The van der Waals surface area contributed by atoms with E-state index in [1.54, 1.807) is 0 Å². The molecule has 0 saturated heterocycles. The van der Waals surface area contributed by atoms with Crippen molar-refractivity contribution in [3.05, 3.63) is 0 Å². The summed E-state index contributed by atoms with van der Waals surface area (Å²) < 4.78 is 0. The molecule has 0 aliphatic carbocycles. The summed E-state index contributed by atoms with van der Waals surface area (Å²) in [5, 5.41) is 8.24. The van der Waals surface area contributed by atoms with Crippen LogP contribution < -0.4 is 11.5 Å². The van der Waals surface area contributed by atoms with Crippen molar-refractivity contribution < 1.29 is 9.90 Å². The zero-order valence-electron chi connectivity index (χ0n) is 5.62. The van der Waals surface area contributed by atoms with Gasteiger partial charge in [0.05, 0.1) is 0 Å². The van der Waals surface area contributed by atoms with Crippen LogP contribution in [0.25, 0.3) is 0 Å². The van der Waals surface area contributed by atoms with Crippen molar-refractivity contribution in [1.29, 1.82) is 0 Å². The van der Waals surface area contributed by atoms with Crippen molar-refractivity contribution in [3.8, 4) is 0 Å². The van der Waals surface area contributed by atoms with Gasteiger partial charge in [0.1, 0.15) is 6.04 Å². The molecule has 0 aromatic rings. The minimum atomic E-state index is -0.955. The highest BCUT2D eigenvalue weighted by Gasteiger charge is 2.08. The van der Waals surface area contributed by atoms with E-state index >= 15 is 0 Å². The van der Waals surface area contributed by atoms with Crippen LogP contribution in [0.3, 0.4) is 0 Å². The molecule has 62 valence electrons. The van der Waals surface area contributed by atoms with E-state index in [-0.39, 0.29) is 17.0 Å². The largest absolute Gasteiger partial charge is 0.480 e. The van der Waals surface area contributed by atoms with E-state index in [1.165, 1.54) is 0 Å². The standard InChI is InChI=1S/C5H12N2O2.BrH/c6-3-1-2-4(7)5(8)9;/h4H,1-3,6-7H2,(H,8,9);1H/t4-;/m1./s1. The molecule has 0 bridgehead atoms. The molecule has 0 heterocycles. The summed E-state index contributed by atoms with van der Waals surface area (Å²) in [6.45, 7) is 0.501.